The molecule has 1 amide bonds. The van der Waals surface area contributed by atoms with Crippen LogP contribution in [-0.2, 0) is 4.79 Å². The Morgan fingerprint density at radius 1 is 1.47 bits per heavy atom. The molecule has 1 saturated heterocycles. The average molecular weight is 227 g/mol. The Morgan fingerprint density at radius 2 is 2.27 bits per heavy atom. The maximum absolute atomic E-state index is 12.8. The first kappa shape index (κ1) is 10.1. The third-order valence-corrected chi connectivity index (χ3v) is 2.33. The van der Waals surface area contributed by atoms with Crippen molar-refractivity contribution in [1.82, 2.24) is 5.32 Å². The summed E-state index contributed by atoms with van der Waals surface area (Å²) in [5, 5.41) is 2.68. The predicted octanol–water partition coefficient (Wildman–Crippen LogP) is 2.07. The zero-order valence-corrected chi connectivity index (χ0v) is 8.51. The SMILES string of the molecule is O=C1CC(=Nc2ccc(F)c(Cl)c2)CN1. The number of nitrogens with one attached hydrogen (secondary N) is 1. The lowest BCUT2D eigenvalue weighted by atomic mass is 10.3. The highest BCUT2D eigenvalue weighted by molar-refractivity contribution is 6.31. The van der Waals surface area contributed by atoms with E-state index in [1.54, 1.807) is 0 Å². The van der Waals surface area contributed by atoms with Gasteiger partial charge in [0.1, 0.15) is 5.82 Å². The molecule has 0 saturated carbocycles. The van der Waals surface area contributed by atoms with Gasteiger partial charge in [-0.05, 0) is 18.2 Å². The fraction of sp³-hybridized carbons (Fsp3) is 0.200. The molecule has 5 heteroatoms. The first-order valence-corrected chi connectivity index (χ1v) is 4.81. The van der Waals surface area contributed by atoms with Crippen LogP contribution in [0.1, 0.15) is 6.42 Å². The molecule has 78 valence electrons. The Bertz CT molecular complexity index is 445. The monoisotopic (exact) mass is 226 g/mol. The zero-order valence-electron chi connectivity index (χ0n) is 7.76. The van der Waals surface area contributed by atoms with E-state index in [1.807, 2.05) is 0 Å². The molecule has 0 atom stereocenters. The van der Waals surface area contributed by atoms with Crippen LogP contribution in [0.3, 0.4) is 0 Å². The normalized spacial score (nSPS) is 18.3. The van der Waals surface area contributed by atoms with E-state index in [0.29, 0.717) is 18.7 Å². The minimum absolute atomic E-state index is 0.0362. The van der Waals surface area contributed by atoms with E-state index in [1.165, 1.54) is 18.2 Å². The first-order chi connectivity index (χ1) is 7.15. The van der Waals surface area contributed by atoms with Crippen molar-refractivity contribution >= 4 is 28.9 Å². The van der Waals surface area contributed by atoms with Gasteiger partial charge in [-0.2, -0.15) is 0 Å². The van der Waals surface area contributed by atoms with Crippen molar-refractivity contribution in [3.63, 3.8) is 0 Å². The van der Waals surface area contributed by atoms with Gasteiger partial charge in [0.25, 0.3) is 0 Å². The number of carbonyl (C=O) groups is 1. The van der Waals surface area contributed by atoms with Crippen LogP contribution in [0.4, 0.5) is 10.1 Å². The lowest BCUT2D eigenvalue weighted by Gasteiger charge is -1.97. The van der Waals surface area contributed by atoms with Gasteiger partial charge in [-0.1, -0.05) is 11.6 Å². The first-order valence-electron chi connectivity index (χ1n) is 4.43. The highest BCUT2D eigenvalue weighted by atomic mass is 35.5. The van der Waals surface area contributed by atoms with Crippen molar-refractivity contribution in [2.75, 3.05) is 6.54 Å². The molecule has 0 aromatic heterocycles. The standard InChI is InChI=1S/C10H8ClFN2O/c11-8-3-6(1-2-9(8)12)14-7-4-10(15)13-5-7/h1-3H,4-5H2,(H,13,15). The van der Waals surface area contributed by atoms with Crippen molar-refractivity contribution in [2.45, 2.75) is 6.42 Å². The summed E-state index contributed by atoms with van der Waals surface area (Å²) >= 11 is 5.60. The maximum Gasteiger partial charge on any atom is 0.226 e. The van der Waals surface area contributed by atoms with Gasteiger partial charge >= 0.3 is 0 Å². The van der Waals surface area contributed by atoms with Gasteiger partial charge in [0.05, 0.1) is 23.7 Å². The van der Waals surface area contributed by atoms with Crippen molar-refractivity contribution in [3.05, 3.63) is 29.0 Å². The van der Waals surface area contributed by atoms with Gasteiger partial charge < -0.3 is 5.32 Å². The Balaban J connectivity index is 2.24. The van der Waals surface area contributed by atoms with Crippen LogP contribution in [0.15, 0.2) is 23.2 Å². The van der Waals surface area contributed by atoms with Gasteiger partial charge in [0.15, 0.2) is 0 Å². The molecule has 3 nitrogen and oxygen atoms in total. The van der Waals surface area contributed by atoms with Crippen molar-refractivity contribution in [2.24, 2.45) is 4.99 Å². The lowest BCUT2D eigenvalue weighted by Crippen LogP contribution is -2.13. The molecule has 1 fully saturated rings. The summed E-state index contributed by atoms with van der Waals surface area (Å²) in [6, 6.07) is 4.22. The zero-order chi connectivity index (χ0) is 10.8. The van der Waals surface area contributed by atoms with Crippen LogP contribution in [0.25, 0.3) is 0 Å². The minimum atomic E-state index is -0.471. The second-order valence-electron chi connectivity index (χ2n) is 3.23. The number of amides is 1. The van der Waals surface area contributed by atoms with E-state index in [-0.39, 0.29) is 10.9 Å². The second kappa shape index (κ2) is 3.98. The molecule has 0 spiro atoms. The van der Waals surface area contributed by atoms with Crippen LogP contribution in [0, 0.1) is 5.82 Å². The number of hydrogen-bond acceptors (Lipinski definition) is 2. The number of hydrogen-bond donors (Lipinski definition) is 1. The predicted molar refractivity (Wildman–Crippen MR) is 56.1 cm³/mol. The number of rotatable bonds is 1. The van der Waals surface area contributed by atoms with Crippen molar-refractivity contribution in [3.8, 4) is 0 Å². The molecule has 2 rings (SSSR count). The summed E-state index contributed by atoms with van der Waals surface area (Å²) in [6.07, 6.45) is 0.301. The summed E-state index contributed by atoms with van der Waals surface area (Å²) in [7, 11) is 0. The molecule has 0 radical (unpaired) electrons. The molecule has 1 aliphatic rings. The fourth-order valence-corrected chi connectivity index (χ4v) is 1.50. The quantitative estimate of drug-likeness (QED) is 0.783. The minimum Gasteiger partial charge on any atom is -0.350 e. The molecule has 1 N–H and O–H groups in total. The van der Waals surface area contributed by atoms with Gasteiger partial charge in [-0.3, -0.25) is 9.79 Å². The number of halogens is 2. The summed E-state index contributed by atoms with van der Waals surface area (Å²) in [6.45, 7) is 0.452. The summed E-state index contributed by atoms with van der Waals surface area (Å²) in [4.78, 5) is 15.1. The summed E-state index contributed by atoms with van der Waals surface area (Å²) < 4.78 is 12.8. The van der Waals surface area contributed by atoms with E-state index in [2.05, 4.69) is 10.3 Å². The lowest BCUT2D eigenvalue weighted by molar-refractivity contribution is -0.118. The molecule has 1 aliphatic heterocycles. The molecular formula is C10H8ClFN2O. The smallest absolute Gasteiger partial charge is 0.226 e. The Morgan fingerprint density at radius 3 is 2.87 bits per heavy atom. The highest BCUT2D eigenvalue weighted by Crippen LogP contribution is 2.22. The van der Waals surface area contributed by atoms with Gasteiger partial charge in [-0.15, -0.1) is 0 Å². The van der Waals surface area contributed by atoms with Crippen LogP contribution >= 0.6 is 11.6 Å². The second-order valence-corrected chi connectivity index (χ2v) is 3.64. The van der Waals surface area contributed by atoms with Gasteiger partial charge in [-0.25, -0.2) is 4.39 Å². The fourth-order valence-electron chi connectivity index (χ4n) is 1.33. The molecule has 0 bridgehead atoms. The average Bonchev–Trinajstić information content (AvgIpc) is 2.58. The number of carbonyl (C=O) groups excluding carboxylic acids is 1. The topological polar surface area (TPSA) is 41.5 Å². The summed E-state index contributed by atoms with van der Waals surface area (Å²) in [5.74, 6) is -0.511. The number of aliphatic imine (C=N–C) groups is 1. The van der Waals surface area contributed by atoms with E-state index < -0.39 is 5.82 Å². The molecule has 0 aliphatic carbocycles. The Hall–Kier alpha value is -1.42. The van der Waals surface area contributed by atoms with Crippen LogP contribution in [0.2, 0.25) is 5.02 Å². The van der Waals surface area contributed by atoms with Crippen LogP contribution < -0.4 is 5.32 Å². The summed E-state index contributed by atoms with van der Waals surface area (Å²) in [5.41, 5.74) is 1.30. The van der Waals surface area contributed by atoms with E-state index in [9.17, 15) is 9.18 Å². The van der Waals surface area contributed by atoms with Crippen molar-refractivity contribution in [1.29, 1.82) is 0 Å². The molecule has 0 unspecified atom stereocenters. The van der Waals surface area contributed by atoms with Gasteiger partial charge in [0.2, 0.25) is 5.91 Å². The highest BCUT2D eigenvalue weighted by Gasteiger charge is 2.15. The van der Waals surface area contributed by atoms with E-state index >= 15 is 0 Å². The van der Waals surface area contributed by atoms with Crippen molar-refractivity contribution < 1.29 is 9.18 Å². The van der Waals surface area contributed by atoms with Gasteiger partial charge in [0, 0.05) is 5.71 Å². The molecular weight excluding hydrogens is 219 g/mol. The number of nitrogens with zero attached hydrogens (tertiary/aromatic N) is 1. The Labute approximate surface area is 91.0 Å². The van der Waals surface area contributed by atoms with Crippen LogP contribution in [0.5, 0.6) is 0 Å². The van der Waals surface area contributed by atoms with E-state index in [0.717, 1.165) is 5.71 Å². The van der Waals surface area contributed by atoms with E-state index in [4.69, 9.17) is 11.6 Å². The molecule has 1 heterocycles. The molecule has 1 aromatic carbocycles. The third-order valence-electron chi connectivity index (χ3n) is 2.04. The maximum atomic E-state index is 12.8. The molecule has 1 aromatic rings. The molecule has 15 heavy (non-hydrogen) atoms. The third kappa shape index (κ3) is 2.33. The number of benzene rings is 1. The Kier molecular flexibility index (Phi) is 2.68. The van der Waals surface area contributed by atoms with Crippen LogP contribution in [-0.4, -0.2) is 18.2 Å². The largest absolute Gasteiger partial charge is 0.350 e.